The summed E-state index contributed by atoms with van der Waals surface area (Å²) in [5.41, 5.74) is 3.14. The second-order valence-electron chi connectivity index (χ2n) is 8.82. The Balaban J connectivity index is 1.41. The summed E-state index contributed by atoms with van der Waals surface area (Å²) in [5, 5.41) is 22.2. The minimum atomic E-state index is -2.68. The predicted octanol–water partition coefficient (Wildman–Crippen LogP) is 3.55. The molecule has 0 saturated heterocycles. The van der Waals surface area contributed by atoms with E-state index in [4.69, 9.17) is 5.21 Å². The van der Waals surface area contributed by atoms with Crippen LogP contribution in [0.25, 0.3) is 10.8 Å². The highest BCUT2D eigenvalue weighted by Gasteiger charge is 2.37. The zero-order chi connectivity index (χ0) is 24.1. The Bertz CT molecular complexity index is 1160. The van der Waals surface area contributed by atoms with Crippen molar-refractivity contribution >= 4 is 22.6 Å². The highest BCUT2D eigenvalue weighted by atomic mass is 19.3. The number of carbonyl (C=O) groups excluding carboxylic acids is 2. The van der Waals surface area contributed by atoms with E-state index in [0.717, 1.165) is 16.3 Å². The Morgan fingerprint density at radius 2 is 1.88 bits per heavy atom. The lowest BCUT2D eigenvalue weighted by Crippen LogP contribution is -2.35. The van der Waals surface area contributed by atoms with Crippen molar-refractivity contribution in [2.24, 2.45) is 5.92 Å². The van der Waals surface area contributed by atoms with E-state index in [9.17, 15) is 18.4 Å². The summed E-state index contributed by atoms with van der Waals surface area (Å²) in [6.45, 7) is 0.112. The number of rotatable bonds is 8. The molecular formula is C24H27F2N5O3. The average Bonchev–Trinajstić information content (AvgIpc) is 3.31. The van der Waals surface area contributed by atoms with Crippen LogP contribution in [0.1, 0.15) is 49.4 Å². The Kier molecular flexibility index (Phi) is 7.16. The number of aromatic nitrogens is 3. The van der Waals surface area contributed by atoms with Crippen molar-refractivity contribution in [3.63, 3.8) is 0 Å². The van der Waals surface area contributed by atoms with Crippen molar-refractivity contribution in [3.8, 4) is 0 Å². The number of carbonyl (C=O) groups is 2. The van der Waals surface area contributed by atoms with Gasteiger partial charge in [-0.2, -0.15) is 0 Å². The van der Waals surface area contributed by atoms with Gasteiger partial charge in [0, 0.05) is 18.8 Å². The number of nitrogens with one attached hydrogen (secondary N) is 2. The Labute approximate surface area is 195 Å². The third kappa shape index (κ3) is 5.93. The van der Waals surface area contributed by atoms with Crippen LogP contribution < -0.4 is 10.8 Å². The van der Waals surface area contributed by atoms with Crippen LogP contribution in [-0.4, -0.2) is 37.9 Å². The maximum Gasteiger partial charge on any atom is 0.248 e. The van der Waals surface area contributed by atoms with E-state index in [1.54, 1.807) is 16.4 Å². The van der Waals surface area contributed by atoms with E-state index in [-0.39, 0.29) is 44.6 Å². The molecule has 0 unspecified atom stereocenters. The molecule has 3 N–H and O–H groups in total. The quantitative estimate of drug-likeness (QED) is 0.344. The van der Waals surface area contributed by atoms with Crippen LogP contribution in [0.2, 0.25) is 0 Å². The molecule has 1 heterocycles. The van der Waals surface area contributed by atoms with Crippen LogP contribution in [0.3, 0.4) is 0 Å². The van der Waals surface area contributed by atoms with Crippen molar-refractivity contribution in [2.45, 2.75) is 57.0 Å². The van der Waals surface area contributed by atoms with E-state index in [0.29, 0.717) is 12.1 Å². The molecule has 1 saturated carbocycles. The summed E-state index contributed by atoms with van der Waals surface area (Å²) in [4.78, 5) is 24.3. The summed E-state index contributed by atoms with van der Waals surface area (Å²) in [5.74, 6) is -3.92. The molecular weight excluding hydrogens is 444 g/mol. The van der Waals surface area contributed by atoms with Crippen molar-refractivity contribution in [2.75, 3.05) is 0 Å². The first-order valence-electron chi connectivity index (χ1n) is 11.3. The van der Waals surface area contributed by atoms with Crippen molar-refractivity contribution < 1.29 is 23.6 Å². The highest BCUT2D eigenvalue weighted by Crippen LogP contribution is 2.36. The fourth-order valence-corrected chi connectivity index (χ4v) is 4.35. The maximum atomic E-state index is 13.3. The number of fused-ring (bicyclic) bond motifs is 1. The van der Waals surface area contributed by atoms with Gasteiger partial charge in [-0.15, -0.1) is 5.10 Å². The first-order chi connectivity index (χ1) is 16.3. The van der Waals surface area contributed by atoms with E-state index in [1.807, 2.05) is 42.5 Å². The van der Waals surface area contributed by atoms with E-state index < -0.39 is 23.8 Å². The van der Waals surface area contributed by atoms with Gasteiger partial charge in [0.15, 0.2) is 0 Å². The van der Waals surface area contributed by atoms with Gasteiger partial charge in [0.25, 0.3) is 0 Å². The molecule has 8 nitrogen and oxygen atoms in total. The molecule has 2 aromatic carbocycles. The monoisotopic (exact) mass is 471 g/mol. The number of halogens is 2. The van der Waals surface area contributed by atoms with Crippen molar-refractivity contribution in [1.82, 2.24) is 25.8 Å². The highest BCUT2D eigenvalue weighted by molar-refractivity contribution is 5.83. The number of amides is 2. The van der Waals surface area contributed by atoms with Gasteiger partial charge in [-0.1, -0.05) is 47.7 Å². The molecule has 0 radical (unpaired) electrons. The van der Waals surface area contributed by atoms with E-state index in [1.165, 1.54) is 0 Å². The third-order valence-corrected chi connectivity index (χ3v) is 6.29. The minimum absolute atomic E-state index is 0.0191. The first-order valence-corrected chi connectivity index (χ1v) is 11.3. The molecule has 0 aliphatic heterocycles. The minimum Gasteiger partial charge on any atom is -0.350 e. The Morgan fingerprint density at radius 1 is 1.15 bits per heavy atom. The average molecular weight is 472 g/mol. The van der Waals surface area contributed by atoms with Crippen LogP contribution in [0, 0.1) is 5.92 Å². The van der Waals surface area contributed by atoms with Crippen molar-refractivity contribution in [3.05, 3.63) is 59.9 Å². The Morgan fingerprint density at radius 3 is 2.62 bits per heavy atom. The smallest absolute Gasteiger partial charge is 0.248 e. The number of benzene rings is 2. The molecule has 4 rings (SSSR count). The van der Waals surface area contributed by atoms with Crippen LogP contribution in [0.5, 0.6) is 0 Å². The van der Waals surface area contributed by atoms with Gasteiger partial charge in [-0.3, -0.25) is 14.8 Å². The lowest BCUT2D eigenvalue weighted by molar-refractivity contribution is -0.130. The SMILES string of the molecule is O=C(C[C@@H](Cc1ccc2ccccc2c1)n1cc(CNC(=O)C2CCC(F)(F)CC2)nn1)NO. The predicted molar refractivity (Wildman–Crippen MR) is 120 cm³/mol. The molecule has 1 aromatic heterocycles. The summed E-state index contributed by atoms with van der Waals surface area (Å²) in [6.07, 6.45) is 1.88. The van der Waals surface area contributed by atoms with Crippen LogP contribution >= 0.6 is 0 Å². The molecule has 2 amide bonds. The molecule has 180 valence electrons. The molecule has 34 heavy (non-hydrogen) atoms. The normalized spacial score (nSPS) is 16.8. The largest absolute Gasteiger partial charge is 0.350 e. The maximum absolute atomic E-state index is 13.3. The van der Waals surface area contributed by atoms with Gasteiger partial charge >= 0.3 is 0 Å². The molecule has 1 aliphatic rings. The second-order valence-corrected chi connectivity index (χ2v) is 8.82. The molecule has 3 aromatic rings. The van der Waals surface area contributed by atoms with Crippen LogP contribution in [0.15, 0.2) is 48.7 Å². The second kappa shape index (κ2) is 10.3. The fourth-order valence-electron chi connectivity index (χ4n) is 4.35. The molecule has 1 fully saturated rings. The number of hydroxylamine groups is 1. The summed E-state index contributed by atoms with van der Waals surface area (Å²) in [6, 6.07) is 13.6. The Hall–Kier alpha value is -3.40. The lowest BCUT2D eigenvalue weighted by atomic mass is 9.86. The summed E-state index contributed by atoms with van der Waals surface area (Å²) >= 11 is 0. The van der Waals surface area contributed by atoms with E-state index in [2.05, 4.69) is 15.6 Å². The van der Waals surface area contributed by atoms with Crippen LogP contribution in [0.4, 0.5) is 8.78 Å². The van der Waals surface area contributed by atoms with E-state index >= 15 is 0 Å². The molecule has 10 heteroatoms. The summed E-state index contributed by atoms with van der Waals surface area (Å²) < 4.78 is 28.2. The molecule has 1 atom stereocenters. The number of hydrogen-bond acceptors (Lipinski definition) is 5. The van der Waals surface area contributed by atoms with Gasteiger partial charge in [-0.05, 0) is 35.6 Å². The van der Waals surface area contributed by atoms with Gasteiger partial charge in [0.05, 0.1) is 25.2 Å². The zero-order valence-corrected chi connectivity index (χ0v) is 18.6. The topological polar surface area (TPSA) is 109 Å². The lowest BCUT2D eigenvalue weighted by Gasteiger charge is -2.27. The number of alkyl halides is 2. The molecule has 0 bridgehead atoms. The molecule has 1 aliphatic carbocycles. The van der Waals surface area contributed by atoms with Gasteiger partial charge in [-0.25, -0.2) is 18.9 Å². The first kappa shape index (κ1) is 23.7. The zero-order valence-electron chi connectivity index (χ0n) is 18.6. The summed E-state index contributed by atoms with van der Waals surface area (Å²) in [7, 11) is 0. The fraction of sp³-hybridized carbons (Fsp3) is 0.417. The molecule has 0 spiro atoms. The van der Waals surface area contributed by atoms with Gasteiger partial charge < -0.3 is 5.32 Å². The number of hydrogen-bond donors (Lipinski definition) is 3. The van der Waals surface area contributed by atoms with Gasteiger partial charge in [0.1, 0.15) is 5.69 Å². The van der Waals surface area contributed by atoms with Gasteiger partial charge in [0.2, 0.25) is 17.7 Å². The standard InChI is InChI=1S/C24H27F2N5O3/c25-24(26)9-7-18(8-10-24)23(33)27-14-20-15-31(30-28-20)21(13-22(32)29-34)12-16-5-6-17-3-1-2-4-19(17)11-16/h1-6,11,15,18,21,34H,7-10,12-14H2,(H,27,33)(H,29,32)/t21-/m1/s1. The number of nitrogens with zero attached hydrogens (tertiary/aromatic N) is 3. The van der Waals surface area contributed by atoms with Crippen molar-refractivity contribution in [1.29, 1.82) is 0 Å². The third-order valence-electron chi connectivity index (χ3n) is 6.29. The van der Waals surface area contributed by atoms with Crippen LogP contribution in [-0.2, 0) is 22.6 Å².